The van der Waals surface area contributed by atoms with Crippen LogP contribution >= 0.6 is 11.3 Å². The van der Waals surface area contributed by atoms with Crippen molar-refractivity contribution in [1.82, 2.24) is 15.6 Å². The molecule has 4 atom stereocenters. The van der Waals surface area contributed by atoms with Gasteiger partial charge >= 0.3 is 0 Å². The number of rotatable bonds is 12. The van der Waals surface area contributed by atoms with E-state index in [0.29, 0.717) is 5.56 Å². The van der Waals surface area contributed by atoms with Crippen molar-refractivity contribution in [3.63, 3.8) is 0 Å². The van der Waals surface area contributed by atoms with Crippen LogP contribution in [0.25, 0.3) is 0 Å². The van der Waals surface area contributed by atoms with E-state index in [1.807, 2.05) is 6.07 Å². The second-order valence-corrected chi connectivity index (χ2v) is 11.1. The maximum atomic E-state index is 13.0. The zero-order valence-electron chi connectivity index (χ0n) is 20.3. The first kappa shape index (κ1) is 28.7. The molecule has 0 aliphatic rings. The number of sulfonamides is 1. The minimum absolute atomic E-state index is 0.00412. The summed E-state index contributed by atoms with van der Waals surface area (Å²) in [6.45, 7) is 0. The molecular formula is C25H27N5O6S2. The van der Waals surface area contributed by atoms with Gasteiger partial charge in [0.05, 0.1) is 30.8 Å². The average Bonchev–Trinajstić information content (AvgIpc) is 3.35. The molecule has 0 saturated carbocycles. The highest BCUT2D eigenvalue weighted by atomic mass is 32.2. The molecule has 38 heavy (non-hydrogen) atoms. The summed E-state index contributed by atoms with van der Waals surface area (Å²) in [6.07, 6.45) is -2.45. The molecule has 1 heterocycles. The van der Waals surface area contributed by atoms with Crippen molar-refractivity contribution >= 4 is 38.3 Å². The minimum atomic E-state index is -3.59. The lowest BCUT2D eigenvalue weighted by molar-refractivity contribution is -0.0212. The number of aliphatic hydroxyl groups is 2. The lowest BCUT2D eigenvalue weighted by Gasteiger charge is -2.32. The largest absolute Gasteiger partial charge is 0.388 e. The number of nitrogens with one attached hydrogen (secondary N) is 3. The summed E-state index contributed by atoms with van der Waals surface area (Å²) in [5.74, 6) is -1.24. The number of nitrogens with zero attached hydrogens (tertiary/aromatic N) is 2. The molecule has 0 bridgehead atoms. The van der Waals surface area contributed by atoms with Crippen molar-refractivity contribution in [2.45, 2.75) is 37.1 Å². The van der Waals surface area contributed by atoms with Crippen LogP contribution in [0.4, 0.5) is 5.13 Å². The zero-order chi connectivity index (χ0) is 27.7. The minimum Gasteiger partial charge on any atom is -0.388 e. The van der Waals surface area contributed by atoms with Crippen molar-refractivity contribution < 1.29 is 28.2 Å². The summed E-state index contributed by atoms with van der Waals surface area (Å²) in [5.41, 5.74) is 0.965. The quantitative estimate of drug-likeness (QED) is 0.221. The topological polar surface area (TPSA) is 182 Å². The molecule has 3 aromatic rings. The molecule has 5 N–H and O–H groups in total. The maximum Gasteiger partial charge on any atom is 0.271 e. The van der Waals surface area contributed by atoms with Gasteiger partial charge in [-0.3, -0.25) is 14.3 Å². The fourth-order valence-electron chi connectivity index (χ4n) is 3.62. The first-order valence-corrected chi connectivity index (χ1v) is 14.2. The number of hydrogen-bond acceptors (Lipinski definition) is 9. The number of aromatic nitrogens is 1. The van der Waals surface area contributed by atoms with Crippen molar-refractivity contribution in [2.75, 3.05) is 11.0 Å². The number of benzene rings is 2. The number of aliphatic hydroxyl groups excluding tert-OH is 2. The van der Waals surface area contributed by atoms with Gasteiger partial charge in [-0.15, -0.1) is 11.3 Å². The highest BCUT2D eigenvalue weighted by molar-refractivity contribution is 7.92. The van der Waals surface area contributed by atoms with Crippen molar-refractivity contribution in [1.29, 1.82) is 5.26 Å². The normalized spacial score (nSPS) is 14.4. The van der Waals surface area contributed by atoms with Gasteiger partial charge < -0.3 is 20.8 Å². The van der Waals surface area contributed by atoms with Crippen LogP contribution in [0.2, 0.25) is 0 Å². The summed E-state index contributed by atoms with van der Waals surface area (Å²) in [5, 5.41) is 38.0. The molecule has 13 heteroatoms. The van der Waals surface area contributed by atoms with Crippen molar-refractivity contribution in [2.24, 2.45) is 0 Å². The molecule has 1 aromatic heterocycles. The predicted octanol–water partition coefficient (Wildman–Crippen LogP) is 1.29. The van der Waals surface area contributed by atoms with Gasteiger partial charge in [-0.2, -0.15) is 5.26 Å². The summed E-state index contributed by atoms with van der Waals surface area (Å²) in [4.78, 5) is 29.6. The van der Waals surface area contributed by atoms with Gasteiger partial charge in [0.15, 0.2) is 5.13 Å². The van der Waals surface area contributed by atoms with E-state index < -0.39 is 46.1 Å². The SMILES string of the molecule is CS(=O)(=O)Nc1nc(C(=O)NC(Cc2ccccc2)C(O)C(O)C(CC#N)NC(=O)c2ccccc2)cs1. The third-order valence-corrected chi connectivity index (χ3v) is 6.91. The van der Waals surface area contributed by atoms with Crippen LogP contribution in [0, 0.1) is 11.3 Å². The molecule has 200 valence electrons. The summed E-state index contributed by atoms with van der Waals surface area (Å²) >= 11 is 0.909. The van der Waals surface area contributed by atoms with E-state index in [9.17, 15) is 33.5 Å². The summed E-state index contributed by atoms with van der Waals surface area (Å²) in [6, 6.07) is 16.8. The van der Waals surface area contributed by atoms with Gasteiger partial charge in [0, 0.05) is 10.9 Å². The van der Waals surface area contributed by atoms with Gasteiger partial charge in [-0.1, -0.05) is 48.5 Å². The van der Waals surface area contributed by atoms with Crippen LogP contribution in [-0.2, 0) is 16.4 Å². The number of nitriles is 1. The summed E-state index contributed by atoms with van der Waals surface area (Å²) < 4.78 is 25.1. The number of hydrogen-bond donors (Lipinski definition) is 5. The third kappa shape index (κ3) is 8.35. The van der Waals surface area contributed by atoms with Crippen LogP contribution in [0.15, 0.2) is 66.0 Å². The lowest BCUT2D eigenvalue weighted by atomic mass is 9.92. The predicted molar refractivity (Wildman–Crippen MR) is 142 cm³/mol. The molecule has 0 fully saturated rings. The Labute approximate surface area is 224 Å². The van der Waals surface area contributed by atoms with Gasteiger partial charge in [-0.25, -0.2) is 13.4 Å². The molecule has 0 saturated heterocycles. The third-order valence-electron chi connectivity index (χ3n) is 5.46. The van der Waals surface area contributed by atoms with E-state index in [4.69, 9.17) is 0 Å². The highest BCUT2D eigenvalue weighted by Crippen LogP contribution is 2.18. The smallest absolute Gasteiger partial charge is 0.271 e. The number of carbonyl (C=O) groups is 2. The molecule has 0 spiro atoms. The van der Waals surface area contributed by atoms with Gasteiger partial charge in [0.25, 0.3) is 11.8 Å². The highest BCUT2D eigenvalue weighted by Gasteiger charge is 2.34. The number of amides is 2. The Morgan fingerprint density at radius 2 is 1.55 bits per heavy atom. The van der Waals surface area contributed by atoms with Crippen LogP contribution in [-0.4, -0.2) is 66.0 Å². The van der Waals surface area contributed by atoms with Gasteiger partial charge in [0.1, 0.15) is 17.9 Å². The van der Waals surface area contributed by atoms with Crippen LogP contribution < -0.4 is 15.4 Å². The second kappa shape index (κ2) is 13.1. The average molecular weight is 558 g/mol. The first-order valence-electron chi connectivity index (χ1n) is 11.4. The Balaban J connectivity index is 1.81. The Kier molecular flexibility index (Phi) is 9.91. The standard InChI is InChI=1S/C25H27N5O6S2/c1-38(35,36)30-25-29-20(15-37-25)24(34)28-19(14-16-8-4-2-5-9-16)22(32)21(31)18(12-13-26)27-23(33)17-10-6-3-7-11-17/h2-11,15,18-19,21-22,31-32H,12,14H2,1H3,(H,27,33)(H,28,34)(H,29,30). The van der Waals surface area contributed by atoms with Gasteiger partial charge in [0.2, 0.25) is 10.0 Å². The monoisotopic (exact) mass is 557 g/mol. The first-order chi connectivity index (χ1) is 18.1. The summed E-state index contributed by atoms with van der Waals surface area (Å²) in [7, 11) is -3.59. The fraction of sp³-hybridized carbons (Fsp3) is 0.280. The van der Waals surface area contributed by atoms with E-state index in [2.05, 4.69) is 20.3 Å². The molecule has 4 unspecified atom stereocenters. The Morgan fingerprint density at radius 3 is 2.16 bits per heavy atom. The maximum absolute atomic E-state index is 13.0. The van der Waals surface area contributed by atoms with Crippen LogP contribution in [0.1, 0.15) is 32.8 Å². The molecule has 2 amide bonds. The van der Waals surface area contributed by atoms with Crippen LogP contribution in [0.5, 0.6) is 0 Å². The molecule has 0 aliphatic heterocycles. The van der Waals surface area contributed by atoms with Crippen molar-refractivity contribution in [3.05, 3.63) is 82.9 Å². The number of anilines is 1. The van der Waals surface area contributed by atoms with Crippen LogP contribution in [0.3, 0.4) is 0 Å². The molecule has 0 radical (unpaired) electrons. The Morgan fingerprint density at radius 1 is 0.974 bits per heavy atom. The zero-order valence-corrected chi connectivity index (χ0v) is 21.9. The molecule has 2 aromatic carbocycles. The van der Waals surface area contributed by atoms with E-state index in [0.717, 1.165) is 23.2 Å². The second-order valence-electron chi connectivity index (χ2n) is 8.47. The lowest BCUT2D eigenvalue weighted by Crippen LogP contribution is -2.56. The van der Waals surface area contributed by atoms with Crippen molar-refractivity contribution in [3.8, 4) is 6.07 Å². The Bertz CT molecular complexity index is 1380. The number of carbonyl (C=O) groups excluding carboxylic acids is 2. The van der Waals surface area contributed by atoms with E-state index in [1.165, 1.54) is 5.38 Å². The molecular weight excluding hydrogens is 530 g/mol. The van der Waals surface area contributed by atoms with Gasteiger partial charge in [-0.05, 0) is 24.1 Å². The van der Waals surface area contributed by atoms with E-state index in [1.54, 1.807) is 60.7 Å². The number of thiazole rings is 1. The molecule has 0 aliphatic carbocycles. The fourth-order valence-corrected chi connectivity index (χ4v) is 5.17. The molecule has 11 nitrogen and oxygen atoms in total. The Hall–Kier alpha value is -3.83. The molecule has 3 rings (SSSR count). The van der Waals surface area contributed by atoms with E-state index in [-0.39, 0.29) is 23.7 Å². The van der Waals surface area contributed by atoms with E-state index >= 15 is 0 Å².